The van der Waals surface area contributed by atoms with Crippen LogP contribution in [0.1, 0.15) is 17.0 Å². The van der Waals surface area contributed by atoms with Crippen LogP contribution in [0.4, 0.5) is 0 Å². The number of halogens is 1. The standard InChI is InChI=1S/C10H11ClN4/c1-6-4-9(12-13-10(6)11)15-8(3)5-7(2)14-15/h4-5H,1-3H3. The van der Waals surface area contributed by atoms with Crippen LogP contribution in [-0.4, -0.2) is 20.0 Å². The van der Waals surface area contributed by atoms with E-state index in [4.69, 9.17) is 11.6 Å². The molecule has 0 radical (unpaired) electrons. The maximum absolute atomic E-state index is 5.81. The molecule has 4 nitrogen and oxygen atoms in total. The molecule has 0 aliphatic carbocycles. The molecule has 78 valence electrons. The molecule has 0 spiro atoms. The van der Waals surface area contributed by atoms with Gasteiger partial charge in [0, 0.05) is 5.69 Å². The molecule has 0 bridgehead atoms. The number of hydrogen-bond donors (Lipinski definition) is 0. The molecule has 2 aromatic heterocycles. The zero-order valence-electron chi connectivity index (χ0n) is 8.82. The summed E-state index contributed by atoms with van der Waals surface area (Å²) in [4.78, 5) is 0. The van der Waals surface area contributed by atoms with Crippen molar-refractivity contribution in [1.82, 2.24) is 20.0 Å². The molecule has 0 fully saturated rings. The Bertz CT molecular complexity index is 504. The molecule has 5 heteroatoms. The quantitative estimate of drug-likeness (QED) is 0.743. The number of nitrogens with zero attached hydrogens (tertiary/aromatic N) is 4. The second-order valence-corrected chi connectivity index (χ2v) is 3.87. The van der Waals surface area contributed by atoms with Gasteiger partial charge in [0.25, 0.3) is 0 Å². The first-order valence-corrected chi connectivity index (χ1v) is 4.99. The highest BCUT2D eigenvalue weighted by Crippen LogP contribution is 2.14. The van der Waals surface area contributed by atoms with Crippen molar-refractivity contribution in [3.05, 3.63) is 34.2 Å². The van der Waals surface area contributed by atoms with Gasteiger partial charge in [-0.3, -0.25) is 0 Å². The first-order chi connectivity index (χ1) is 7.08. The SMILES string of the molecule is Cc1cc(C)n(-c2cc(C)c(Cl)nn2)n1. The molecule has 0 aromatic carbocycles. The molecule has 0 atom stereocenters. The summed E-state index contributed by atoms with van der Waals surface area (Å²) in [5.74, 6) is 0.697. The van der Waals surface area contributed by atoms with Crippen molar-refractivity contribution in [2.75, 3.05) is 0 Å². The Morgan fingerprint density at radius 2 is 1.87 bits per heavy atom. The van der Waals surface area contributed by atoms with E-state index in [1.807, 2.05) is 32.9 Å². The first-order valence-electron chi connectivity index (χ1n) is 4.61. The molecule has 0 saturated carbocycles. The number of hydrogen-bond acceptors (Lipinski definition) is 3. The molecule has 0 aliphatic heterocycles. The van der Waals surface area contributed by atoms with Crippen molar-refractivity contribution < 1.29 is 0 Å². The van der Waals surface area contributed by atoms with E-state index in [9.17, 15) is 0 Å². The van der Waals surface area contributed by atoms with Crippen LogP contribution in [0, 0.1) is 20.8 Å². The van der Waals surface area contributed by atoms with Crippen LogP contribution in [0.3, 0.4) is 0 Å². The van der Waals surface area contributed by atoms with Gasteiger partial charge < -0.3 is 0 Å². The highest BCUT2D eigenvalue weighted by atomic mass is 35.5. The van der Waals surface area contributed by atoms with Crippen LogP contribution < -0.4 is 0 Å². The highest BCUT2D eigenvalue weighted by molar-refractivity contribution is 6.30. The van der Waals surface area contributed by atoms with Gasteiger partial charge in [-0.2, -0.15) is 5.10 Å². The molecule has 0 amide bonds. The van der Waals surface area contributed by atoms with E-state index >= 15 is 0 Å². The van der Waals surface area contributed by atoms with Gasteiger partial charge in [-0.1, -0.05) is 11.6 Å². The van der Waals surface area contributed by atoms with Gasteiger partial charge in [0.05, 0.1) is 5.69 Å². The molecule has 0 saturated heterocycles. The van der Waals surface area contributed by atoms with Gasteiger partial charge in [0.1, 0.15) is 0 Å². The largest absolute Gasteiger partial charge is 0.218 e. The third kappa shape index (κ3) is 1.85. The van der Waals surface area contributed by atoms with Crippen LogP contribution >= 0.6 is 11.6 Å². The van der Waals surface area contributed by atoms with E-state index in [1.54, 1.807) is 4.68 Å². The van der Waals surface area contributed by atoms with Crippen molar-refractivity contribution in [2.45, 2.75) is 20.8 Å². The van der Waals surface area contributed by atoms with Crippen molar-refractivity contribution in [3.8, 4) is 5.82 Å². The monoisotopic (exact) mass is 222 g/mol. The second-order valence-electron chi connectivity index (χ2n) is 3.52. The maximum Gasteiger partial charge on any atom is 0.176 e. The molecule has 2 rings (SSSR count). The number of aryl methyl sites for hydroxylation is 3. The van der Waals surface area contributed by atoms with Gasteiger partial charge in [0.15, 0.2) is 11.0 Å². The van der Waals surface area contributed by atoms with E-state index in [1.165, 1.54) is 0 Å². The average Bonchev–Trinajstić information content (AvgIpc) is 2.50. The molecule has 15 heavy (non-hydrogen) atoms. The summed E-state index contributed by atoms with van der Waals surface area (Å²) >= 11 is 5.81. The Morgan fingerprint density at radius 1 is 1.13 bits per heavy atom. The average molecular weight is 223 g/mol. The molecule has 2 heterocycles. The third-order valence-electron chi connectivity index (χ3n) is 2.14. The van der Waals surface area contributed by atoms with Crippen LogP contribution in [0.2, 0.25) is 5.15 Å². The van der Waals surface area contributed by atoms with E-state index in [-0.39, 0.29) is 0 Å². The molecule has 2 aromatic rings. The Morgan fingerprint density at radius 3 is 2.40 bits per heavy atom. The highest BCUT2D eigenvalue weighted by Gasteiger charge is 2.07. The zero-order valence-corrected chi connectivity index (χ0v) is 9.58. The van der Waals surface area contributed by atoms with E-state index in [2.05, 4.69) is 15.3 Å². The molecule has 0 N–H and O–H groups in total. The smallest absolute Gasteiger partial charge is 0.176 e. The Kier molecular flexibility index (Phi) is 2.44. The molecular formula is C10H11ClN4. The molecule has 0 aliphatic rings. The van der Waals surface area contributed by atoms with Gasteiger partial charge >= 0.3 is 0 Å². The third-order valence-corrected chi connectivity index (χ3v) is 2.51. The first kappa shape index (κ1) is 10.1. The zero-order chi connectivity index (χ0) is 11.0. The lowest BCUT2D eigenvalue weighted by atomic mass is 10.3. The topological polar surface area (TPSA) is 43.6 Å². The van der Waals surface area contributed by atoms with Crippen LogP contribution in [0.15, 0.2) is 12.1 Å². The minimum absolute atomic E-state index is 0.431. The summed E-state index contributed by atoms with van der Waals surface area (Å²) in [7, 11) is 0. The van der Waals surface area contributed by atoms with E-state index in [0.717, 1.165) is 17.0 Å². The van der Waals surface area contributed by atoms with Crippen LogP contribution in [0.5, 0.6) is 0 Å². The molecular weight excluding hydrogens is 212 g/mol. The lowest BCUT2D eigenvalue weighted by Crippen LogP contribution is -2.04. The minimum atomic E-state index is 0.431. The summed E-state index contributed by atoms with van der Waals surface area (Å²) in [5, 5.41) is 12.6. The fourth-order valence-electron chi connectivity index (χ4n) is 1.42. The van der Waals surface area contributed by atoms with Crippen LogP contribution in [0.25, 0.3) is 5.82 Å². The Labute approximate surface area is 92.9 Å². The fourth-order valence-corrected chi connectivity index (χ4v) is 1.51. The predicted molar refractivity (Wildman–Crippen MR) is 58.4 cm³/mol. The van der Waals surface area contributed by atoms with E-state index in [0.29, 0.717) is 11.0 Å². The van der Waals surface area contributed by atoms with Crippen LogP contribution in [-0.2, 0) is 0 Å². The summed E-state index contributed by atoms with van der Waals surface area (Å²) in [6.45, 7) is 5.82. The van der Waals surface area contributed by atoms with E-state index < -0.39 is 0 Å². The van der Waals surface area contributed by atoms with Gasteiger partial charge in [-0.15, -0.1) is 10.2 Å². The minimum Gasteiger partial charge on any atom is -0.218 e. The molecule has 0 unspecified atom stereocenters. The fraction of sp³-hybridized carbons (Fsp3) is 0.300. The Balaban J connectivity index is 2.54. The normalized spacial score (nSPS) is 10.7. The summed E-state index contributed by atoms with van der Waals surface area (Å²) < 4.78 is 1.76. The van der Waals surface area contributed by atoms with Gasteiger partial charge in [0.2, 0.25) is 0 Å². The maximum atomic E-state index is 5.81. The van der Waals surface area contributed by atoms with Gasteiger partial charge in [-0.25, -0.2) is 4.68 Å². The predicted octanol–water partition coefficient (Wildman–Crippen LogP) is 2.24. The lowest BCUT2D eigenvalue weighted by Gasteiger charge is -2.03. The van der Waals surface area contributed by atoms with Crippen molar-refractivity contribution in [3.63, 3.8) is 0 Å². The number of rotatable bonds is 1. The second kappa shape index (κ2) is 3.62. The van der Waals surface area contributed by atoms with Crippen molar-refractivity contribution in [2.24, 2.45) is 0 Å². The van der Waals surface area contributed by atoms with Gasteiger partial charge in [-0.05, 0) is 38.5 Å². The van der Waals surface area contributed by atoms with Crippen molar-refractivity contribution >= 4 is 11.6 Å². The summed E-state index contributed by atoms with van der Waals surface area (Å²) in [6.07, 6.45) is 0. The van der Waals surface area contributed by atoms with Crippen molar-refractivity contribution in [1.29, 1.82) is 0 Å². The number of aromatic nitrogens is 4. The Hall–Kier alpha value is -1.42. The summed E-state index contributed by atoms with van der Waals surface area (Å²) in [6, 6.07) is 3.86. The lowest BCUT2D eigenvalue weighted by molar-refractivity contribution is 0.779. The summed E-state index contributed by atoms with van der Waals surface area (Å²) in [5.41, 5.74) is 2.89.